The number of benzene rings is 2. The molecule has 0 aliphatic rings. The van der Waals surface area contributed by atoms with Crippen molar-refractivity contribution in [1.29, 1.82) is 0 Å². The zero-order chi connectivity index (χ0) is 15.1. The van der Waals surface area contributed by atoms with E-state index in [0.717, 1.165) is 16.1 Å². The fourth-order valence-corrected chi connectivity index (χ4v) is 2.62. The highest BCUT2D eigenvalue weighted by atomic mass is 35.5. The van der Waals surface area contributed by atoms with Gasteiger partial charge >= 0.3 is 0 Å². The Kier molecular flexibility index (Phi) is 6.15. The van der Waals surface area contributed by atoms with Gasteiger partial charge in [0.1, 0.15) is 0 Å². The van der Waals surface area contributed by atoms with Gasteiger partial charge in [-0.05, 0) is 42.0 Å². The number of hydrogen-bond acceptors (Lipinski definition) is 2. The second kappa shape index (κ2) is 8.11. The van der Waals surface area contributed by atoms with Gasteiger partial charge in [0.2, 0.25) is 5.91 Å². The van der Waals surface area contributed by atoms with Crippen molar-refractivity contribution < 1.29 is 4.79 Å². The van der Waals surface area contributed by atoms with Gasteiger partial charge in [0.05, 0.1) is 0 Å². The minimum absolute atomic E-state index is 0.0452. The number of hydrogen-bond donors (Lipinski definition) is 1. The highest BCUT2D eigenvalue weighted by Gasteiger charge is 2.04. The molecule has 0 aliphatic carbocycles. The Bertz CT molecular complexity index is 598. The Balaban J connectivity index is 1.78. The minimum atomic E-state index is 0.0452. The first-order valence-corrected chi connectivity index (χ1v) is 8.42. The molecule has 2 nitrogen and oxygen atoms in total. The summed E-state index contributed by atoms with van der Waals surface area (Å²) in [6.45, 7) is 0.565. The van der Waals surface area contributed by atoms with E-state index in [1.807, 2.05) is 42.7 Å². The lowest BCUT2D eigenvalue weighted by Gasteiger charge is -2.07. The quantitative estimate of drug-likeness (QED) is 0.804. The van der Waals surface area contributed by atoms with E-state index in [0.29, 0.717) is 19.4 Å². The van der Waals surface area contributed by atoms with Gasteiger partial charge in [0.15, 0.2) is 0 Å². The number of carbonyl (C=O) groups excluding carboxylic acids is 1. The molecule has 0 aromatic heterocycles. The molecule has 0 saturated heterocycles. The van der Waals surface area contributed by atoms with Gasteiger partial charge < -0.3 is 5.32 Å². The number of carbonyl (C=O) groups is 1. The highest BCUT2D eigenvalue weighted by Crippen LogP contribution is 2.17. The van der Waals surface area contributed by atoms with Crippen LogP contribution in [0.25, 0.3) is 0 Å². The fourth-order valence-electron chi connectivity index (χ4n) is 1.98. The highest BCUT2D eigenvalue weighted by molar-refractivity contribution is 7.98. The van der Waals surface area contributed by atoms with Gasteiger partial charge in [0, 0.05) is 22.9 Å². The van der Waals surface area contributed by atoms with Gasteiger partial charge in [-0.3, -0.25) is 4.79 Å². The predicted molar refractivity (Wildman–Crippen MR) is 89.8 cm³/mol. The summed E-state index contributed by atoms with van der Waals surface area (Å²) < 4.78 is 0. The molecule has 110 valence electrons. The molecule has 0 unspecified atom stereocenters. The van der Waals surface area contributed by atoms with Crippen LogP contribution < -0.4 is 5.32 Å². The van der Waals surface area contributed by atoms with Crippen molar-refractivity contribution in [1.82, 2.24) is 5.32 Å². The van der Waals surface area contributed by atoms with E-state index < -0.39 is 0 Å². The predicted octanol–water partition coefficient (Wildman–Crippen LogP) is 4.31. The molecule has 2 rings (SSSR count). The summed E-state index contributed by atoms with van der Waals surface area (Å²) in [5.74, 6) is 0.0452. The number of nitrogens with one attached hydrogen (secondary N) is 1. The van der Waals surface area contributed by atoms with Crippen molar-refractivity contribution in [2.45, 2.75) is 24.3 Å². The first-order chi connectivity index (χ1) is 10.2. The Morgan fingerprint density at radius 3 is 2.52 bits per heavy atom. The maximum absolute atomic E-state index is 11.9. The average molecular weight is 320 g/mol. The van der Waals surface area contributed by atoms with Crippen molar-refractivity contribution >= 4 is 29.3 Å². The molecule has 0 saturated carbocycles. The van der Waals surface area contributed by atoms with Gasteiger partial charge in [0.25, 0.3) is 0 Å². The topological polar surface area (TPSA) is 29.1 Å². The number of thioether (sulfide) groups is 1. The molecule has 4 heteroatoms. The molecule has 0 aliphatic heterocycles. The van der Waals surface area contributed by atoms with Crippen molar-refractivity contribution in [3.8, 4) is 0 Å². The van der Waals surface area contributed by atoms with E-state index in [1.54, 1.807) is 11.8 Å². The van der Waals surface area contributed by atoms with Crippen LogP contribution in [-0.2, 0) is 17.8 Å². The number of aryl methyl sites for hydroxylation is 1. The standard InChI is InChI=1S/C17H18ClNOS/c1-21-15-9-6-13(7-10-15)12-19-17(20)11-8-14-4-2-3-5-16(14)18/h2-7,9-10H,8,11-12H2,1H3,(H,19,20). The molecule has 1 amide bonds. The average Bonchev–Trinajstić information content (AvgIpc) is 2.52. The summed E-state index contributed by atoms with van der Waals surface area (Å²) in [5.41, 5.74) is 2.12. The van der Waals surface area contributed by atoms with E-state index in [-0.39, 0.29) is 5.91 Å². The summed E-state index contributed by atoms with van der Waals surface area (Å²) in [6, 6.07) is 15.8. The Morgan fingerprint density at radius 1 is 1.14 bits per heavy atom. The first-order valence-electron chi connectivity index (χ1n) is 6.82. The molecule has 21 heavy (non-hydrogen) atoms. The van der Waals surface area contributed by atoms with Crippen molar-refractivity contribution in [3.05, 3.63) is 64.7 Å². The zero-order valence-corrected chi connectivity index (χ0v) is 13.5. The summed E-state index contributed by atoms with van der Waals surface area (Å²) >= 11 is 7.78. The molecule has 1 N–H and O–H groups in total. The lowest BCUT2D eigenvalue weighted by atomic mass is 10.1. The van der Waals surface area contributed by atoms with Gasteiger partial charge in [-0.1, -0.05) is 41.9 Å². The van der Waals surface area contributed by atoms with Crippen LogP contribution in [0.2, 0.25) is 5.02 Å². The number of rotatable bonds is 6. The van der Waals surface area contributed by atoms with Crippen LogP contribution >= 0.6 is 23.4 Å². The molecule has 0 bridgehead atoms. The van der Waals surface area contributed by atoms with Crippen molar-refractivity contribution in [2.24, 2.45) is 0 Å². The van der Waals surface area contributed by atoms with Crippen LogP contribution in [0.15, 0.2) is 53.4 Å². The summed E-state index contributed by atoms with van der Waals surface area (Å²) in [6.07, 6.45) is 3.16. The zero-order valence-electron chi connectivity index (χ0n) is 11.9. The van der Waals surface area contributed by atoms with Crippen LogP contribution in [0.1, 0.15) is 17.5 Å². The molecule has 2 aromatic rings. The third-order valence-electron chi connectivity index (χ3n) is 3.23. The van der Waals surface area contributed by atoms with E-state index in [2.05, 4.69) is 17.4 Å². The van der Waals surface area contributed by atoms with E-state index in [1.165, 1.54) is 4.90 Å². The second-order valence-corrected chi connectivity index (χ2v) is 6.00. The SMILES string of the molecule is CSc1ccc(CNC(=O)CCc2ccccc2Cl)cc1. The summed E-state index contributed by atoms with van der Waals surface area (Å²) in [4.78, 5) is 13.1. The van der Waals surface area contributed by atoms with E-state index >= 15 is 0 Å². The Hall–Kier alpha value is -1.45. The molecule has 2 aromatic carbocycles. The minimum Gasteiger partial charge on any atom is -0.352 e. The fraction of sp³-hybridized carbons (Fsp3) is 0.235. The lowest BCUT2D eigenvalue weighted by molar-refractivity contribution is -0.121. The monoisotopic (exact) mass is 319 g/mol. The maximum Gasteiger partial charge on any atom is 0.220 e. The van der Waals surface area contributed by atoms with E-state index in [4.69, 9.17) is 11.6 Å². The molecule has 0 heterocycles. The molecule has 0 atom stereocenters. The van der Waals surface area contributed by atoms with Crippen LogP contribution in [0.4, 0.5) is 0 Å². The van der Waals surface area contributed by atoms with Crippen LogP contribution in [0.5, 0.6) is 0 Å². The molecule has 0 spiro atoms. The molecular weight excluding hydrogens is 302 g/mol. The normalized spacial score (nSPS) is 10.4. The summed E-state index contributed by atoms with van der Waals surface area (Å²) in [5, 5.41) is 3.66. The van der Waals surface area contributed by atoms with Crippen molar-refractivity contribution in [3.63, 3.8) is 0 Å². The lowest BCUT2D eigenvalue weighted by Crippen LogP contribution is -2.23. The van der Waals surface area contributed by atoms with Crippen LogP contribution in [0.3, 0.4) is 0 Å². The van der Waals surface area contributed by atoms with Crippen LogP contribution in [0, 0.1) is 0 Å². The smallest absolute Gasteiger partial charge is 0.220 e. The maximum atomic E-state index is 11.9. The van der Waals surface area contributed by atoms with Crippen LogP contribution in [-0.4, -0.2) is 12.2 Å². The Morgan fingerprint density at radius 2 is 1.86 bits per heavy atom. The van der Waals surface area contributed by atoms with Crippen molar-refractivity contribution in [2.75, 3.05) is 6.26 Å². The second-order valence-electron chi connectivity index (χ2n) is 4.72. The summed E-state index contributed by atoms with van der Waals surface area (Å²) in [7, 11) is 0. The Labute approximate surface area is 134 Å². The largest absolute Gasteiger partial charge is 0.352 e. The number of amides is 1. The molecule has 0 fully saturated rings. The first kappa shape index (κ1) is 15.9. The van der Waals surface area contributed by atoms with Gasteiger partial charge in [-0.15, -0.1) is 11.8 Å². The van der Waals surface area contributed by atoms with Gasteiger partial charge in [-0.2, -0.15) is 0 Å². The number of halogens is 1. The molecule has 0 radical (unpaired) electrons. The molecular formula is C17H18ClNOS. The third kappa shape index (κ3) is 5.10. The van der Waals surface area contributed by atoms with E-state index in [9.17, 15) is 4.79 Å². The third-order valence-corrected chi connectivity index (χ3v) is 4.34. The van der Waals surface area contributed by atoms with Gasteiger partial charge in [-0.25, -0.2) is 0 Å².